The van der Waals surface area contributed by atoms with Gasteiger partial charge in [0, 0.05) is 11.6 Å². The molecular weight excluding hydrogens is 212 g/mol. The second kappa shape index (κ2) is 3.74. The molecule has 1 saturated heterocycles. The second-order valence-corrected chi connectivity index (χ2v) is 4.35. The first-order valence-electron chi connectivity index (χ1n) is 4.93. The topological polar surface area (TPSA) is 41.1 Å². The van der Waals surface area contributed by atoms with Crippen LogP contribution in [0.25, 0.3) is 0 Å². The Labute approximate surface area is 93.8 Å². The van der Waals surface area contributed by atoms with Crippen LogP contribution in [0.5, 0.6) is 0 Å². The standard InChI is InChI=1S/C11H13ClN2O/c1-11(6-7-13-10(15)14-11)8-4-2-3-5-9(8)12/h2-5H,6-7H2,1H3,(H2,13,14,15). The molecule has 0 aromatic heterocycles. The van der Waals surface area contributed by atoms with E-state index in [-0.39, 0.29) is 11.6 Å². The summed E-state index contributed by atoms with van der Waals surface area (Å²) in [5.74, 6) is 0. The van der Waals surface area contributed by atoms with Crippen molar-refractivity contribution in [3.05, 3.63) is 34.9 Å². The molecule has 1 unspecified atom stereocenters. The van der Waals surface area contributed by atoms with E-state index in [1.54, 1.807) is 0 Å². The van der Waals surface area contributed by atoms with Gasteiger partial charge in [-0.3, -0.25) is 0 Å². The van der Waals surface area contributed by atoms with Crippen LogP contribution in [0.3, 0.4) is 0 Å². The number of amides is 2. The summed E-state index contributed by atoms with van der Waals surface area (Å²) >= 11 is 6.12. The molecule has 1 aliphatic heterocycles. The highest BCUT2D eigenvalue weighted by molar-refractivity contribution is 6.31. The molecule has 1 aromatic rings. The summed E-state index contributed by atoms with van der Waals surface area (Å²) in [5.41, 5.74) is 0.613. The molecule has 1 aliphatic rings. The van der Waals surface area contributed by atoms with Crippen LogP contribution in [0.1, 0.15) is 18.9 Å². The van der Waals surface area contributed by atoms with E-state index in [4.69, 9.17) is 11.6 Å². The molecule has 0 saturated carbocycles. The fourth-order valence-electron chi connectivity index (χ4n) is 1.89. The average Bonchev–Trinajstić information content (AvgIpc) is 2.17. The van der Waals surface area contributed by atoms with E-state index in [1.165, 1.54) is 0 Å². The molecule has 2 rings (SSSR count). The number of carbonyl (C=O) groups excluding carboxylic acids is 1. The Balaban J connectivity index is 2.36. The van der Waals surface area contributed by atoms with Crippen molar-refractivity contribution in [2.75, 3.05) is 6.54 Å². The lowest BCUT2D eigenvalue weighted by atomic mass is 9.87. The Kier molecular flexibility index (Phi) is 2.57. The van der Waals surface area contributed by atoms with Crippen LogP contribution in [0.2, 0.25) is 5.02 Å². The zero-order valence-electron chi connectivity index (χ0n) is 8.51. The minimum atomic E-state index is -0.360. The van der Waals surface area contributed by atoms with Crippen molar-refractivity contribution in [3.63, 3.8) is 0 Å². The molecule has 0 radical (unpaired) electrons. The van der Waals surface area contributed by atoms with Crippen LogP contribution < -0.4 is 10.6 Å². The van der Waals surface area contributed by atoms with E-state index >= 15 is 0 Å². The Morgan fingerprint density at radius 2 is 2.13 bits per heavy atom. The van der Waals surface area contributed by atoms with Gasteiger partial charge in [0.1, 0.15) is 0 Å². The molecule has 0 spiro atoms. The second-order valence-electron chi connectivity index (χ2n) is 3.94. The molecule has 1 aromatic carbocycles. The average molecular weight is 225 g/mol. The first-order chi connectivity index (χ1) is 7.12. The Bertz CT molecular complexity index is 394. The highest BCUT2D eigenvalue weighted by Gasteiger charge is 2.33. The molecule has 1 atom stereocenters. The molecule has 0 aliphatic carbocycles. The van der Waals surface area contributed by atoms with Crippen LogP contribution in [0, 0.1) is 0 Å². The first kappa shape index (κ1) is 10.3. The maximum atomic E-state index is 11.3. The summed E-state index contributed by atoms with van der Waals surface area (Å²) in [7, 11) is 0. The molecule has 3 nitrogen and oxygen atoms in total. The smallest absolute Gasteiger partial charge is 0.315 e. The van der Waals surface area contributed by atoms with E-state index < -0.39 is 0 Å². The van der Waals surface area contributed by atoms with Crippen LogP contribution in [-0.2, 0) is 5.54 Å². The Hall–Kier alpha value is -1.22. The third-order valence-corrected chi connectivity index (χ3v) is 3.10. The van der Waals surface area contributed by atoms with Crippen molar-refractivity contribution < 1.29 is 4.79 Å². The lowest BCUT2D eigenvalue weighted by molar-refractivity contribution is 0.211. The predicted molar refractivity (Wildman–Crippen MR) is 60.0 cm³/mol. The molecule has 2 N–H and O–H groups in total. The van der Waals surface area contributed by atoms with Crippen LogP contribution in [0.4, 0.5) is 4.79 Å². The predicted octanol–water partition coefficient (Wildman–Crippen LogP) is 2.26. The highest BCUT2D eigenvalue weighted by Crippen LogP contribution is 2.31. The van der Waals surface area contributed by atoms with Crippen molar-refractivity contribution in [1.82, 2.24) is 10.6 Å². The maximum absolute atomic E-state index is 11.3. The molecule has 80 valence electrons. The summed E-state index contributed by atoms with van der Waals surface area (Å²) in [4.78, 5) is 11.3. The summed E-state index contributed by atoms with van der Waals surface area (Å²) < 4.78 is 0. The van der Waals surface area contributed by atoms with E-state index in [2.05, 4.69) is 10.6 Å². The summed E-state index contributed by atoms with van der Waals surface area (Å²) in [5, 5.41) is 6.35. The van der Waals surface area contributed by atoms with Gasteiger partial charge < -0.3 is 10.6 Å². The molecule has 1 fully saturated rings. The molecule has 4 heteroatoms. The highest BCUT2D eigenvalue weighted by atomic mass is 35.5. The fraction of sp³-hybridized carbons (Fsp3) is 0.364. The van der Waals surface area contributed by atoms with E-state index in [9.17, 15) is 4.79 Å². The molecule has 15 heavy (non-hydrogen) atoms. The minimum absolute atomic E-state index is 0.135. The van der Waals surface area contributed by atoms with Gasteiger partial charge in [0.15, 0.2) is 0 Å². The van der Waals surface area contributed by atoms with Gasteiger partial charge in [-0.05, 0) is 25.0 Å². The largest absolute Gasteiger partial charge is 0.338 e. The van der Waals surface area contributed by atoms with Crippen molar-refractivity contribution in [1.29, 1.82) is 0 Å². The van der Waals surface area contributed by atoms with Crippen LogP contribution in [0.15, 0.2) is 24.3 Å². The third-order valence-electron chi connectivity index (χ3n) is 2.77. The van der Waals surface area contributed by atoms with Crippen molar-refractivity contribution in [2.45, 2.75) is 18.9 Å². The lowest BCUT2D eigenvalue weighted by Gasteiger charge is -2.36. The molecule has 2 amide bonds. The number of nitrogens with one attached hydrogen (secondary N) is 2. The van der Waals surface area contributed by atoms with Gasteiger partial charge in [0.05, 0.1) is 5.54 Å². The summed E-state index contributed by atoms with van der Waals surface area (Å²) in [6, 6.07) is 7.48. The normalized spacial score (nSPS) is 25.6. The number of halogens is 1. The SMILES string of the molecule is CC1(c2ccccc2Cl)CCNC(=O)N1. The number of hydrogen-bond acceptors (Lipinski definition) is 1. The van der Waals surface area contributed by atoms with Crippen molar-refractivity contribution in [3.8, 4) is 0 Å². The van der Waals surface area contributed by atoms with Gasteiger partial charge in [-0.15, -0.1) is 0 Å². The first-order valence-corrected chi connectivity index (χ1v) is 5.31. The lowest BCUT2D eigenvalue weighted by Crippen LogP contribution is -2.54. The van der Waals surface area contributed by atoms with Crippen molar-refractivity contribution in [2.24, 2.45) is 0 Å². The number of benzene rings is 1. The van der Waals surface area contributed by atoms with Gasteiger partial charge in [-0.25, -0.2) is 4.79 Å². The van der Waals surface area contributed by atoms with E-state index in [0.717, 1.165) is 12.0 Å². The molecule has 0 bridgehead atoms. The zero-order chi connectivity index (χ0) is 10.9. The monoisotopic (exact) mass is 224 g/mol. The van der Waals surface area contributed by atoms with Gasteiger partial charge in [0.2, 0.25) is 0 Å². The van der Waals surface area contributed by atoms with Crippen LogP contribution >= 0.6 is 11.6 Å². The maximum Gasteiger partial charge on any atom is 0.315 e. The van der Waals surface area contributed by atoms with Gasteiger partial charge >= 0.3 is 6.03 Å². The van der Waals surface area contributed by atoms with Gasteiger partial charge in [-0.2, -0.15) is 0 Å². The van der Waals surface area contributed by atoms with E-state index in [0.29, 0.717) is 11.6 Å². The quantitative estimate of drug-likeness (QED) is 0.755. The Morgan fingerprint density at radius 1 is 1.40 bits per heavy atom. The molecular formula is C11H13ClN2O. The summed E-state index contributed by atoms with van der Waals surface area (Å²) in [6.45, 7) is 2.67. The third kappa shape index (κ3) is 1.92. The van der Waals surface area contributed by atoms with Gasteiger partial charge in [0.25, 0.3) is 0 Å². The molecule has 1 heterocycles. The Morgan fingerprint density at radius 3 is 2.80 bits per heavy atom. The summed E-state index contributed by atoms with van der Waals surface area (Å²) in [6.07, 6.45) is 0.836. The van der Waals surface area contributed by atoms with Gasteiger partial charge in [-0.1, -0.05) is 29.8 Å². The number of rotatable bonds is 1. The zero-order valence-corrected chi connectivity index (χ0v) is 9.27. The number of hydrogen-bond donors (Lipinski definition) is 2. The number of carbonyl (C=O) groups is 1. The van der Waals surface area contributed by atoms with E-state index in [1.807, 2.05) is 31.2 Å². The van der Waals surface area contributed by atoms with Crippen LogP contribution in [-0.4, -0.2) is 12.6 Å². The minimum Gasteiger partial charge on any atom is -0.338 e. The number of urea groups is 1. The van der Waals surface area contributed by atoms with Crippen molar-refractivity contribution >= 4 is 17.6 Å². The fourth-order valence-corrected chi connectivity index (χ4v) is 2.24.